The third kappa shape index (κ3) is 3.87. The van der Waals surface area contributed by atoms with E-state index in [0.29, 0.717) is 18.3 Å². The van der Waals surface area contributed by atoms with E-state index in [9.17, 15) is 4.79 Å². The molecule has 5 nitrogen and oxygen atoms in total. The van der Waals surface area contributed by atoms with Crippen LogP contribution in [-0.2, 0) is 16.6 Å². The molecule has 1 heterocycles. The summed E-state index contributed by atoms with van der Waals surface area (Å²) in [6.45, 7) is 2.82. The Bertz CT molecular complexity index is 427. The van der Waals surface area contributed by atoms with Crippen LogP contribution >= 0.6 is 11.6 Å². The van der Waals surface area contributed by atoms with E-state index in [4.69, 9.17) is 16.3 Å². The van der Waals surface area contributed by atoms with Gasteiger partial charge in [0, 0.05) is 32.3 Å². The Hall–Kier alpha value is -1.33. The second kappa shape index (κ2) is 6.42. The van der Waals surface area contributed by atoms with E-state index < -0.39 is 0 Å². The van der Waals surface area contributed by atoms with Crippen LogP contribution in [0.3, 0.4) is 0 Å². The van der Waals surface area contributed by atoms with Crippen molar-refractivity contribution in [3.05, 3.63) is 22.5 Å². The predicted molar refractivity (Wildman–Crippen MR) is 66.9 cm³/mol. The van der Waals surface area contributed by atoms with Crippen molar-refractivity contribution in [2.24, 2.45) is 7.05 Å². The lowest BCUT2D eigenvalue weighted by Crippen LogP contribution is -2.24. The number of amides is 1. The lowest BCUT2D eigenvalue weighted by molar-refractivity contribution is -0.116. The highest BCUT2D eigenvalue weighted by molar-refractivity contribution is 6.31. The third-order valence-electron chi connectivity index (χ3n) is 2.20. The second-order valence-electron chi connectivity index (χ2n) is 3.53. The van der Waals surface area contributed by atoms with Crippen molar-refractivity contribution in [1.82, 2.24) is 15.1 Å². The van der Waals surface area contributed by atoms with Crippen LogP contribution in [0.2, 0.25) is 5.15 Å². The summed E-state index contributed by atoms with van der Waals surface area (Å²) in [5.41, 5.74) is 1.55. The van der Waals surface area contributed by atoms with E-state index in [-0.39, 0.29) is 5.91 Å². The molecule has 0 atom stereocenters. The molecule has 0 aliphatic carbocycles. The molecule has 6 heteroatoms. The molecule has 1 aromatic rings. The maximum Gasteiger partial charge on any atom is 0.244 e. The lowest BCUT2D eigenvalue weighted by Gasteiger charge is -1.99. The topological polar surface area (TPSA) is 56.1 Å². The van der Waals surface area contributed by atoms with Crippen LogP contribution < -0.4 is 5.32 Å². The largest absolute Gasteiger partial charge is 0.383 e. The maximum atomic E-state index is 11.4. The molecule has 1 aromatic heterocycles. The number of ether oxygens (including phenoxy) is 1. The number of halogens is 1. The smallest absolute Gasteiger partial charge is 0.244 e. The number of carbonyl (C=O) groups excluding carboxylic acids is 1. The number of nitrogens with one attached hydrogen (secondary N) is 1. The van der Waals surface area contributed by atoms with Crippen molar-refractivity contribution in [2.45, 2.75) is 6.92 Å². The Kier molecular flexibility index (Phi) is 5.18. The molecule has 0 spiro atoms. The number of hydrogen-bond donors (Lipinski definition) is 1. The Morgan fingerprint density at radius 3 is 2.88 bits per heavy atom. The summed E-state index contributed by atoms with van der Waals surface area (Å²) in [4.78, 5) is 11.4. The molecule has 0 saturated carbocycles. The minimum atomic E-state index is -0.179. The Labute approximate surface area is 105 Å². The average molecular weight is 258 g/mol. The zero-order valence-electron chi connectivity index (χ0n) is 10.2. The average Bonchev–Trinajstić information content (AvgIpc) is 2.51. The fourth-order valence-electron chi connectivity index (χ4n) is 1.33. The number of methoxy groups -OCH3 is 1. The molecule has 94 valence electrons. The van der Waals surface area contributed by atoms with Gasteiger partial charge in [-0.25, -0.2) is 0 Å². The van der Waals surface area contributed by atoms with Gasteiger partial charge in [0.2, 0.25) is 5.91 Å². The van der Waals surface area contributed by atoms with E-state index in [0.717, 1.165) is 11.3 Å². The Morgan fingerprint density at radius 1 is 1.65 bits per heavy atom. The number of hydrogen-bond acceptors (Lipinski definition) is 3. The monoisotopic (exact) mass is 257 g/mol. The summed E-state index contributed by atoms with van der Waals surface area (Å²) >= 11 is 6.02. The quantitative estimate of drug-likeness (QED) is 0.636. The van der Waals surface area contributed by atoms with Gasteiger partial charge in [-0.05, 0) is 13.0 Å². The van der Waals surface area contributed by atoms with Crippen molar-refractivity contribution in [3.63, 3.8) is 0 Å². The van der Waals surface area contributed by atoms with Gasteiger partial charge in [0.05, 0.1) is 12.3 Å². The van der Waals surface area contributed by atoms with Gasteiger partial charge in [0.1, 0.15) is 5.15 Å². The van der Waals surface area contributed by atoms with Gasteiger partial charge >= 0.3 is 0 Å². The van der Waals surface area contributed by atoms with E-state index >= 15 is 0 Å². The van der Waals surface area contributed by atoms with Gasteiger partial charge < -0.3 is 10.1 Å². The minimum Gasteiger partial charge on any atom is -0.383 e. The Morgan fingerprint density at radius 2 is 2.35 bits per heavy atom. The van der Waals surface area contributed by atoms with Gasteiger partial charge in [0.25, 0.3) is 0 Å². The maximum absolute atomic E-state index is 11.4. The number of aryl methyl sites for hydroxylation is 2. The third-order valence-corrected chi connectivity index (χ3v) is 2.65. The highest BCUT2D eigenvalue weighted by Crippen LogP contribution is 2.19. The van der Waals surface area contributed by atoms with Gasteiger partial charge in [-0.1, -0.05) is 11.6 Å². The molecule has 0 saturated heterocycles. The number of nitrogens with zero attached hydrogens (tertiary/aromatic N) is 2. The van der Waals surface area contributed by atoms with Crippen molar-refractivity contribution < 1.29 is 9.53 Å². The van der Waals surface area contributed by atoms with Gasteiger partial charge in [-0.3, -0.25) is 9.48 Å². The molecule has 17 heavy (non-hydrogen) atoms. The molecular formula is C11H16ClN3O2. The number of carbonyl (C=O) groups is 1. The summed E-state index contributed by atoms with van der Waals surface area (Å²) in [5, 5.41) is 7.34. The SMILES string of the molecule is COCCNC(=O)/C=C/c1c(C)nn(C)c1Cl. The number of rotatable bonds is 5. The Balaban J connectivity index is 2.61. The molecule has 1 amide bonds. The van der Waals surface area contributed by atoms with E-state index in [1.165, 1.54) is 6.08 Å². The van der Waals surface area contributed by atoms with Crippen LogP contribution in [-0.4, -0.2) is 35.9 Å². The normalized spacial score (nSPS) is 11.1. The molecule has 1 N–H and O–H groups in total. The zero-order chi connectivity index (χ0) is 12.8. The second-order valence-corrected chi connectivity index (χ2v) is 3.89. The van der Waals surface area contributed by atoms with E-state index in [2.05, 4.69) is 10.4 Å². The first-order valence-corrected chi connectivity index (χ1v) is 5.58. The molecule has 0 unspecified atom stereocenters. The highest BCUT2D eigenvalue weighted by atomic mass is 35.5. The lowest BCUT2D eigenvalue weighted by atomic mass is 10.2. The van der Waals surface area contributed by atoms with Gasteiger partial charge in [-0.15, -0.1) is 0 Å². The summed E-state index contributed by atoms with van der Waals surface area (Å²) < 4.78 is 6.39. The molecular weight excluding hydrogens is 242 g/mol. The number of aromatic nitrogens is 2. The zero-order valence-corrected chi connectivity index (χ0v) is 10.9. The van der Waals surface area contributed by atoms with Crippen LogP contribution in [0.4, 0.5) is 0 Å². The first-order valence-electron chi connectivity index (χ1n) is 5.20. The minimum absolute atomic E-state index is 0.179. The van der Waals surface area contributed by atoms with E-state index in [1.807, 2.05) is 6.92 Å². The van der Waals surface area contributed by atoms with Crippen LogP contribution in [0, 0.1) is 6.92 Å². The van der Waals surface area contributed by atoms with Crippen molar-refractivity contribution in [3.8, 4) is 0 Å². The molecule has 0 aromatic carbocycles. The standard InChI is InChI=1S/C11H16ClN3O2/c1-8-9(11(12)15(2)14-8)4-5-10(16)13-6-7-17-3/h4-5H,6-7H2,1-3H3,(H,13,16)/b5-4+. The summed E-state index contributed by atoms with van der Waals surface area (Å²) in [6, 6.07) is 0. The fourth-order valence-corrected chi connectivity index (χ4v) is 1.57. The van der Waals surface area contributed by atoms with Crippen LogP contribution in [0.1, 0.15) is 11.3 Å². The molecule has 1 rings (SSSR count). The van der Waals surface area contributed by atoms with Crippen LogP contribution in [0.5, 0.6) is 0 Å². The fraction of sp³-hybridized carbons (Fsp3) is 0.455. The first-order chi connectivity index (χ1) is 8.06. The molecule has 0 fully saturated rings. The van der Waals surface area contributed by atoms with Crippen LogP contribution in [0.15, 0.2) is 6.08 Å². The van der Waals surface area contributed by atoms with Gasteiger partial charge in [-0.2, -0.15) is 5.10 Å². The molecule has 0 aliphatic heterocycles. The molecule has 0 bridgehead atoms. The highest BCUT2D eigenvalue weighted by Gasteiger charge is 2.08. The van der Waals surface area contributed by atoms with Crippen molar-refractivity contribution >= 4 is 23.6 Å². The predicted octanol–water partition coefficient (Wildman–Crippen LogP) is 1.16. The molecule has 0 aliphatic rings. The van der Waals surface area contributed by atoms with Gasteiger partial charge in [0.15, 0.2) is 0 Å². The van der Waals surface area contributed by atoms with Crippen molar-refractivity contribution in [1.29, 1.82) is 0 Å². The summed E-state index contributed by atoms with van der Waals surface area (Å²) in [6.07, 6.45) is 3.10. The van der Waals surface area contributed by atoms with Crippen molar-refractivity contribution in [2.75, 3.05) is 20.3 Å². The first kappa shape index (κ1) is 13.7. The molecule has 0 radical (unpaired) electrons. The van der Waals surface area contributed by atoms with E-state index in [1.54, 1.807) is 24.9 Å². The van der Waals surface area contributed by atoms with Crippen LogP contribution in [0.25, 0.3) is 6.08 Å². The summed E-state index contributed by atoms with van der Waals surface area (Å²) in [5.74, 6) is -0.179. The summed E-state index contributed by atoms with van der Waals surface area (Å²) in [7, 11) is 3.34.